The molecule has 3 nitrogen and oxygen atoms in total. The summed E-state index contributed by atoms with van der Waals surface area (Å²) in [5, 5.41) is 3.00. The summed E-state index contributed by atoms with van der Waals surface area (Å²) in [5.74, 6) is 0.877. The van der Waals surface area contributed by atoms with E-state index in [1.807, 2.05) is 18.2 Å². The number of hydrogen-bond donors (Lipinski definition) is 1. The molecule has 1 saturated heterocycles. The highest BCUT2D eigenvalue weighted by Gasteiger charge is 2.38. The molecule has 1 aromatic carbocycles. The molecule has 1 aliphatic heterocycles. The van der Waals surface area contributed by atoms with Crippen molar-refractivity contribution in [2.24, 2.45) is 0 Å². The molecule has 2 heterocycles. The summed E-state index contributed by atoms with van der Waals surface area (Å²) in [6, 6.07) is 8.04. The molecule has 0 unspecified atom stereocenters. The van der Waals surface area contributed by atoms with Gasteiger partial charge < -0.3 is 9.88 Å². The van der Waals surface area contributed by atoms with Gasteiger partial charge in [-0.05, 0) is 18.6 Å². The molecule has 2 aromatic rings. The van der Waals surface area contributed by atoms with Gasteiger partial charge in [-0.25, -0.2) is 9.37 Å². The van der Waals surface area contributed by atoms with Crippen LogP contribution in [-0.4, -0.2) is 28.3 Å². The lowest BCUT2D eigenvalue weighted by Crippen LogP contribution is -2.57. The van der Waals surface area contributed by atoms with E-state index < -0.39 is 5.67 Å². The second-order valence-electron chi connectivity index (χ2n) is 5.10. The minimum atomic E-state index is -1.10. The van der Waals surface area contributed by atoms with E-state index in [0.29, 0.717) is 19.5 Å². The van der Waals surface area contributed by atoms with E-state index in [9.17, 15) is 4.39 Å². The molecule has 0 amide bonds. The first-order valence-corrected chi connectivity index (χ1v) is 6.56. The number of alkyl halides is 1. The summed E-state index contributed by atoms with van der Waals surface area (Å²) in [6.45, 7) is 3.93. The molecule has 1 fully saturated rings. The maximum Gasteiger partial charge on any atom is 0.142 e. The number of fused-ring (bicyclic) bond motifs is 1. The summed E-state index contributed by atoms with van der Waals surface area (Å²) < 4.78 is 16.4. The van der Waals surface area contributed by atoms with Gasteiger partial charge in [-0.3, -0.25) is 0 Å². The minimum absolute atomic E-state index is 0.411. The standard InChI is InChI=1S/C14H18FN3/c1-2-7-18-12-6-4-3-5-11(12)17-13(18)8-14(15)9-16-10-14/h3-6,16H,2,7-10H2,1H3. The molecule has 0 aliphatic carbocycles. The number of nitrogens with zero attached hydrogens (tertiary/aromatic N) is 2. The van der Waals surface area contributed by atoms with Gasteiger partial charge in [-0.1, -0.05) is 19.1 Å². The van der Waals surface area contributed by atoms with E-state index >= 15 is 0 Å². The molecule has 96 valence electrons. The average Bonchev–Trinajstić information content (AvgIpc) is 2.66. The SMILES string of the molecule is CCCn1c(CC2(F)CNC2)nc2ccccc21. The first-order valence-electron chi connectivity index (χ1n) is 6.56. The van der Waals surface area contributed by atoms with Gasteiger partial charge in [0.05, 0.1) is 11.0 Å². The zero-order valence-electron chi connectivity index (χ0n) is 10.6. The lowest BCUT2D eigenvalue weighted by atomic mass is 9.95. The third kappa shape index (κ3) is 1.90. The molecular weight excluding hydrogens is 229 g/mol. The van der Waals surface area contributed by atoms with Crippen molar-refractivity contribution in [1.29, 1.82) is 0 Å². The van der Waals surface area contributed by atoms with Crippen molar-refractivity contribution in [3.05, 3.63) is 30.1 Å². The van der Waals surface area contributed by atoms with Crippen molar-refractivity contribution in [3.63, 3.8) is 0 Å². The second kappa shape index (κ2) is 4.35. The predicted molar refractivity (Wildman–Crippen MR) is 70.4 cm³/mol. The summed E-state index contributed by atoms with van der Waals surface area (Å²) in [6.07, 6.45) is 1.44. The van der Waals surface area contributed by atoms with Crippen LogP contribution in [0.2, 0.25) is 0 Å². The van der Waals surface area contributed by atoms with Crippen LogP contribution in [0.3, 0.4) is 0 Å². The van der Waals surface area contributed by atoms with Gasteiger partial charge in [-0.2, -0.15) is 0 Å². The Bertz CT molecular complexity index is 557. The smallest absolute Gasteiger partial charge is 0.142 e. The normalized spacial score (nSPS) is 17.9. The van der Waals surface area contributed by atoms with Crippen LogP contribution in [0.5, 0.6) is 0 Å². The molecule has 3 rings (SSSR count). The van der Waals surface area contributed by atoms with Gasteiger partial charge >= 0.3 is 0 Å². The van der Waals surface area contributed by atoms with Gasteiger partial charge in [-0.15, -0.1) is 0 Å². The van der Waals surface area contributed by atoms with E-state index in [1.165, 1.54) is 0 Å². The highest BCUT2D eigenvalue weighted by atomic mass is 19.1. The quantitative estimate of drug-likeness (QED) is 0.898. The number of rotatable bonds is 4. The van der Waals surface area contributed by atoms with E-state index in [-0.39, 0.29) is 0 Å². The van der Waals surface area contributed by atoms with Crippen molar-refractivity contribution in [3.8, 4) is 0 Å². The molecule has 1 aliphatic rings. The van der Waals surface area contributed by atoms with Gasteiger partial charge in [0.15, 0.2) is 0 Å². The van der Waals surface area contributed by atoms with Crippen LogP contribution in [0.15, 0.2) is 24.3 Å². The van der Waals surface area contributed by atoms with Crippen molar-refractivity contribution in [2.45, 2.75) is 32.0 Å². The Hall–Kier alpha value is -1.42. The van der Waals surface area contributed by atoms with Crippen LogP contribution >= 0.6 is 0 Å². The molecule has 1 N–H and O–H groups in total. The fourth-order valence-electron chi connectivity index (χ4n) is 2.54. The first kappa shape index (κ1) is 11.7. The Morgan fingerprint density at radius 2 is 2.17 bits per heavy atom. The number of imidazole rings is 1. The third-order valence-electron chi connectivity index (χ3n) is 3.54. The topological polar surface area (TPSA) is 29.9 Å². The number of para-hydroxylation sites is 2. The Balaban J connectivity index is 2.01. The van der Waals surface area contributed by atoms with E-state index in [4.69, 9.17) is 0 Å². The van der Waals surface area contributed by atoms with Crippen LogP contribution in [0.4, 0.5) is 4.39 Å². The molecule has 18 heavy (non-hydrogen) atoms. The van der Waals surface area contributed by atoms with Gasteiger partial charge in [0.25, 0.3) is 0 Å². The number of aromatic nitrogens is 2. The number of hydrogen-bond acceptors (Lipinski definition) is 2. The maximum atomic E-state index is 14.2. The number of halogens is 1. The van der Waals surface area contributed by atoms with Crippen molar-refractivity contribution in [1.82, 2.24) is 14.9 Å². The number of benzene rings is 1. The summed E-state index contributed by atoms with van der Waals surface area (Å²) in [5.41, 5.74) is 0.981. The zero-order chi connectivity index (χ0) is 12.6. The fraction of sp³-hybridized carbons (Fsp3) is 0.500. The summed E-state index contributed by atoms with van der Waals surface area (Å²) in [7, 11) is 0. The molecular formula is C14H18FN3. The molecule has 0 spiro atoms. The lowest BCUT2D eigenvalue weighted by Gasteiger charge is -2.34. The second-order valence-corrected chi connectivity index (χ2v) is 5.10. The fourth-order valence-corrected chi connectivity index (χ4v) is 2.54. The minimum Gasteiger partial charge on any atom is -0.328 e. The molecule has 0 bridgehead atoms. The van der Waals surface area contributed by atoms with E-state index in [0.717, 1.165) is 29.8 Å². The number of aryl methyl sites for hydroxylation is 1. The van der Waals surface area contributed by atoms with Crippen LogP contribution in [0.25, 0.3) is 11.0 Å². The highest BCUT2D eigenvalue weighted by molar-refractivity contribution is 5.75. The van der Waals surface area contributed by atoms with E-state index in [1.54, 1.807) is 0 Å². The van der Waals surface area contributed by atoms with Gasteiger partial charge in [0.2, 0.25) is 0 Å². The van der Waals surface area contributed by atoms with Gasteiger partial charge in [0.1, 0.15) is 11.5 Å². The predicted octanol–water partition coefficient (Wildman–Crippen LogP) is 2.30. The van der Waals surface area contributed by atoms with Crippen molar-refractivity contribution >= 4 is 11.0 Å². The summed E-state index contributed by atoms with van der Waals surface area (Å²) in [4.78, 5) is 4.59. The molecule has 0 radical (unpaired) electrons. The molecule has 4 heteroatoms. The van der Waals surface area contributed by atoms with Crippen molar-refractivity contribution < 1.29 is 4.39 Å². The highest BCUT2D eigenvalue weighted by Crippen LogP contribution is 2.25. The Labute approximate surface area is 106 Å². The van der Waals surface area contributed by atoms with Crippen LogP contribution in [0.1, 0.15) is 19.2 Å². The van der Waals surface area contributed by atoms with Crippen LogP contribution < -0.4 is 5.32 Å². The number of nitrogens with one attached hydrogen (secondary N) is 1. The summed E-state index contributed by atoms with van der Waals surface area (Å²) >= 11 is 0. The Morgan fingerprint density at radius 1 is 1.39 bits per heavy atom. The largest absolute Gasteiger partial charge is 0.328 e. The molecule has 1 aromatic heterocycles. The van der Waals surface area contributed by atoms with E-state index in [2.05, 4.69) is 27.9 Å². The Kier molecular flexibility index (Phi) is 2.82. The monoisotopic (exact) mass is 247 g/mol. The van der Waals surface area contributed by atoms with Crippen molar-refractivity contribution in [2.75, 3.05) is 13.1 Å². The Morgan fingerprint density at radius 3 is 2.83 bits per heavy atom. The van der Waals surface area contributed by atoms with Crippen LogP contribution in [-0.2, 0) is 13.0 Å². The van der Waals surface area contributed by atoms with Crippen LogP contribution in [0, 0.1) is 0 Å². The van der Waals surface area contributed by atoms with Gasteiger partial charge in [0, 0.05) is 26.1 Å². The first-order chi connectivity index (χ1) is 8.72. The average molecular weight is 247 g/mol. The lowest BCUT2D eigenvalue weighted by molar-refractivity contribution is 0.0878. The zero-order valence-corrected chi connectivity index (χ0v) is 10.6. The molecule has 0 atom stereocenters. The molecule has 0 saturated carbocycles. The maximum absolute atomic E-state index is 14.2. The third-order valence-corrected chi connectivity index (χ3v) is 3.54.